The van der Waals surface area contributed by atoms with E-state index in [2.05, 4.69) is 15.3 Å². The van der Waals surface area contributed by atoms with Gasteiger partial charge >= 0.3 is 0 Å². The average molecular weight is 136 g/mol. The molecule has 0 bridgehead atoms. The monoisotopic (exact) mass is 136 g/mol. The first-order valence-electron chi connectivity index (χ1n) is 3.26. The zero-order chi connectivity index (χ0) is 6.97. The molecule has 2 heterocycles. The van der Waals surface area contributed by atoms with Gasteiger partial charge < -0.3 is 0 Å². The Labute approximate surface area is 58.6 Å². The van der Waals surface area contributed by atoms with Crippen LogP contribution in [0.2, 0.25) is 0 Å². The lowest BCUT2D eigenvalue weighted by molar-refractivity contribution is 0.675. The van der Waals surface area contributed by atoms with Crippen LogP contribution in [0.1, 0.15) is 11.4 Å². The third-order valence-corrected chi connectivity index (χ3v) is 1.66. The Balaban J connectivity index is 2.57. The minimum absolute atomic E-state index is 0.869. The number of fused-ring (bicyclic) bond motifs is 1. The van der Waals surface area contributed by atoms with Crippen LogP contribution in [0.15, 0.2) is 4.99 Å². The molecule has 0 saturated carbocycles. The molecule has 0 aliphatic carbocycles. The van der Waals surface area contributed by atoms with Crippen molar-refractivity contribution in [3.8, 4) is 0 Å². The van der Waals surface area contributed by atoms with Gasteiger partial charge in [-0.1, -0.05) is 5.21 Å². The summed E-state index contributed by atoms with van der Waals surface area (Å²) < 4.78 is 1.81. The summed E-state index contributed by atoms with van der Waals surface area (Å²) >= 11 is 0. The van der Waals surface area contributed by atoms with E-state index in [-0.39, 0.29) is 0 Å². The van der Waals surface area contributed by atoms with E-state index in [9.17, 15) is 0 Å². The second kappa shape index (κ2) is 1.90. The maximum atomic E-state index is 4.09. The van der Waals surface area contributed by atoms with Crippen molar-refractivity contribution in [1.82, 2.24) is 15.0 Å². The molecular weight excluding hydrogens is 128 g/mol. The molecule has 0 fully saturated rings. The van der Waals surface area contributed by atoms with E-state index >= 15 is 0 Å². The minimum atomic E-state index is 0.869. The largest absolute Gasteiger partial charge is 0.290 e. The van der Waals surface area contributed by atoms with Gasteiger partial charge in [0.25, 0.3) is 0 Å². The summed E-state index contributed by atoms with van der Waals surface area (Å²) in [5, 5.41) is 7.79. The first-order valence-corrected chi connectivity index (χ1v) is 3.26. The van der Waals surface area contributed by atoms with Gasteiger partial charge in [0.1, 0.15) is 5.69 Å². The lowest BCUT2D eigenvalue weighted by atomic mass is 10.2. The summed E-state index contributed by atoms with van der Waals surface area (Å²) in [5.41, 5.74) is 2.11. The van der Waals surface area contributed by atoms with Crippen LogP contribution in [0.5, 0.6) is 0 Å². The Morgan fingerprint density at radius 2 is 2.50 bits per heavy atom. The van der Waals surface area contributed by atoms with Crippen LogP contribution in [0.3, 0.4) is 0 Å². The van der Waals surface area contributed by atoms with Crippen molar-refractivity contribution >= 4 is 6.21 Å². The van der Waals surface area contributed by atoms with Crippen LogP contribution >= 0.6 is 0 Å². The van der Waals surface area contributed by atoms with Gasteiger partial charge in [-0.2, -0.15) is 0 Å². The number of rotatable bonds is 0. The Hall–Kier alpha value is -1.19. The molecule has 0 unspecified atom stereocenters. The SMILES string of the molecule is Cn1nnc2c1CCN=C2. The summed E-state index contributed by atoms with van der Waals surface area (Å²) in [6.07, 6.45) is 2.75. The highest BCUT2D eigenvalue weighted by molar-refractivity contribution is 5.79. The first kappa shape index (κ1) is 5.58. The maximum Gasteiger partial charge on any atom is 0.126 e. The fourth-order valence-electron chi connectivity index (χ4n) is 1.10. The highest BCUT2D eigenvalue weighted by Crippen LogP contribution is 2.06. The van der Waals surface area contributed by atoms with Crippen LogP contribution in [0.4, 0.5) is 0 Å². The third-order valence-electron chi connectivity index (χ3n) is 1.66. The molecule has 52 valence electrons. The summed E-state index contributed by atoms with van der Waals surface area (Å²) in [6.45, 7) is 0.869. The zero-order valence-corrected chi connectivity index (χ0v) is 5.78. The fraction of sp³-hybridized carbons (Fsp3) is 0.500. The van der Waals surface area contributed by atoms with Crippen molar-refractivity contribution in [3.63, 3.8) is 0 Å². The molecule has 1 aromatic rings. The van der Waals surface area contributed by atoms with Crippen molar-refractivity contribution in [2.75, 3.05) is 6.54 Å². The standard InChI is InChI=1S/C6H8N4/c1-10-6-2-3-7-4-5(6)8-9-10/h4H,2-3H2,1H3. The van der Waals surface area contributed by atoms with Crippen LogP contribution < -0.4 is 0 Å². The highest BCUT2D eigenvalue weighted by Gasteiger charge is 2.10. The Kier molecular flexibility index (Phi) is 1.06. The third kappa shape index (κ3) is 0.650. The van der Waals surface area contributed by atoms with Crippen molar-refractivity contribution < 1.29 is 0 Å². The predicted molar refractivity (Wildman–Crippen MR) is 37.2 cm³/mol. The number of nitrogens with zero attached hydrogens (tertiary/aromatic N) is 4. The Bertz CT molecular complexity index is 273. The van der Waals surface area contributed by atoms with E-state index < -0.39 is 0 Å². The summed E-state index contributed by atoms with van der Waals surface area (Å²) in [4.78, 5) is 4.09. The number of hydrogen-bond donors (Lipinski definition) is 0. The quantitative estimate of drug-likeness (QED) is 0.495. The lowest BCUT2D eigenvalue weighted by Gasteiger charge is -2.02. The first-order chi connectivity index (χ1) is 4.88. The van der Waals surface area contributed by atoms with Crippen molar-refractivity contribution in [1.29, 1.82) is 0 Å². The highest BCUT2D eigenvalue weighted by atomic mass is 15.4. The summed E-state index contributed by atoms with van der Waals surface area (Å²) in [5.74, 6) is 0. The van der Waals surface area contributed by atoms with E-state index in [1.165, 1.54) is 5.69 Å². The molecule has 0 saturated heterocycles. The molecule has 0 amide bonds. The number of aromatic nitrogens is 3. The molecule has 0 spiro atoms. The van der Waals surface area contributed by atoms with Crippen molar-refractivity contribution in [2.24, 2.45) is 12.0 Å². The number of hydrogen-bond acceptors (Lipinski definition) is 3. The molecule has 0 radical (unpaired) electrons. The molecule has 2 rings (SSSR count). The van der Waals surface area contributed by atoms with Gasteiger partial charge in [0, 0.05) is 20.0 Å². The average Bonchev–Trinajstić information content (AvgIpc) is 2.34. The van der Waals surface area contributed by atoms with Gasteiger partial charge in [0.2, 0.25) is 0 Å². The van der Waals surface area contributed by atoms with Crippen LogP contribution in [0.25, 0.3) is 0 Å². The topological polar surface area (TPSA) is 43.1 Å². The van der Waals surface area contributed by atoms with Crippen LogP contribution in [-0.4, -0.2) is 27.8 Å². The fourth-order valence-corrected chi connectivity index (χ4v) is 1.10. The van der Waals surface area contributed by atoms with Gasteiger partial charge in [-0.25, -0.2) is 0 Å². The summed E-state index contributed by atoms with van der Waals surface area (Å²) in [6, 6.07) is 0. The molecule has 1 aromatic heterocycles. The van der Waals surface area contributed by atoms with Gasteiger partial charge in [0.15, 0.2) is 0 Å². The van der Waals surface area contributed by atoms with E-state index in [1.54, 1.807) is 10.9 Å². The van der Waals surface area contributed by atoms with Crippen molar-refractivity contribution in [2.45, 2.75) is 6.42 Å². The number of aryl methyl sites for hydroxylation is 1. The summed E-state index contributed by atoms with van der Waals surface area (Å²) in [7, 11) is 1.91. The second-order valence-electron chi connectivity index (χ2n) is 2.33. The lowest BCUT2D eigenvalue weighted by Crippen LogP contribution is -2.06. The predicted octanol–water partition coefficient (Wildman–Crippen LogP) is -0.210. The molecule has 0 aromatic carbocycles. The molecule has 1 aliphatic heterocycles. The molecule has 0 N–H and O–H groups in total. The molecule has 4 heteroatoms. The molecule has 4 nitrogen and oxygen atoms in total. The Morgan fingerprint density at radius 3 is 3.30 bits per heavy atom. The van der Waals surface area contributed by atoms with Crippen LogP contribution in [-0.2, 0) is 13.5 Å². The molecule has 1 aliphatic rings. The molecular formula is C6H8N4. The minimum Gasteiger partial charge on any atom is -0.290 e. The normalized spacial score (nSPS) is 15.3. The molecule has 10 heavy (non-hydrogen) atoms. The van der Waals surface area contributed by atoms with Crippen molar-refractivity contribution in [3.05, 3.63) is 11.4 Å². The molecule has 0 atom stereocenters. The smallest absolute Gasteiger partial charge is 0.126 e. The maximum absolute atomic E-state index is 4.09. The van der Waals surface area contributed by atoms with Crippen LogP contribution in [0, 0.1) is 0 Å². The van der Waals surface area contributed by atoms with Gasteiger partial charge in [-0.05, 0) is 0 Å². The van der Waals surface area contributed by atoms with Gasteiger partial charge in [-0.15, -0.1) is 5.10 Å². The Morgan fingerprint density at radius 1 is 1.60 bits per heavy atom. The van der Waals surface area contributed by atoms with Gasteiger partial charge in [-0.3, -0.25) is 9.67 Å². The van der Waals surface area contributed by atoms with E-state index in [4.69, 9.17) is 0 Å². The van der Waals surface area contributed by atoms with E-state index in [0.717, 1.165) is 18.7 Å². The van der Waals surface area contributed by atoms with E-state index in [0.29, 0.717) is 0 Å². The second-order valence-corrected chi connectivity index (χ2v) is 2.33. The number of aliphatic imine (C=N–C) groups is 1. The van der Waals surface area contributed by atoms with E-state index in [1.807, 2.05) is 7.05 Å². The van der Waals surface area contributed by atoms with Gasteiger partial charge in [0.05, 0.1) is 11.9 Å². The zero-order valence-electron chi connectivity index (χ0n) is 5.78.